The molecule has 4 aromatic carbocycles. The Bertz CT molecular complexity index is 1690. The minimum Gasteiger partial charge on any atom is -0.494 e. The molecule has 0 bridgehead atoms. The zero-order valence-corrected chi connectivity index (χ0v) is 25.5. The van der Waals surface area contributed by atoms with Crippen molar-refractivity contribution in [1.29, 1.82) is 0 Å². The highest BCUT2D eigenvalue weighted by Gasteiger charge is 2.20. The molecule has 0 heterocycles. The van der Waals surface area contributed by atoms with Crippen LogP contribution in [-0.2, 0) is 9.59 Å². The Morgan fingerprint density at radius 1 is 0.867 bits per heavy atom. The molecule has 0 saturated carbocycles. The van der Waals surface area contributed by atoms with Crippen LogP contribution in [-0.4, -0.2) is 34.5 Å². The lowest BCUT2D eigenvalue weighted by molar-refractivity contribution is -0.385. The van der Waals surface area contributed by atoms with Gasteiger partial charge < -0.3 is 20.7 Å². The molecule has 10 nitrogen and oxygen atoms in total. The Labute approximate surface area is 265 Å². The van der Waals surface area contributed by atoms with E-state index in [1.807, 2.05) is 19.9 Å². The second kappa shape index (κ2) is 15.9. The topological polar surface area (TPSA) is 140 Å². The van der Waals surface area contributed by atoms with Gasteiger partial charge in [-0.05, 0) is 80.1 Å². The van der Waals surface area contributed by atoms with E-state index in [4.69, 9.17) is 4.74 Å². The zero-order chi connectivity index (χ0) is 32.2. The number of anilines is 2. The van der Waals surface area contributed by atoms with E-state index in [0.29, 0.717) is 30.0 Å². The first kappa shape index (κ1) is 32.5. The lowest BCUT2D eigenvalue weighted by Crippen LogP contribution is -2.30. The largest absolute Gasteiger partial charge is 0.494 e. The fraction of sp³-hybridized carbons (Fsp3) is 0.147. The highest BCUT2D eigenvalue weighted by atomic mass is 32.2. The summed E-state index contributed by atoms with van der Waals surface area (Å²) in [6.45, 7) is 4.36. The fourth-order valence-corrected chi connectivity index (χ4v) is 5.24. The van der Waals surface area contributed by atoms with Gasteiger partial charge in [-0.2, -0.15) is 0 Å². The first-order valence-corrected chi connectivity index (χ1v) is 15.1. The number of thioether (sulfide) groups is 1. The minimum atomic E-state index is -0.681. The molecule has 3 N–H and O–H groups in total. The van der Waals surface area contributed by atoms with Crippen LogP contribution in [0.15, 0.2) is 114 Å². The quantitative estimate of drug-likeness (QED) is 0.0635. The van der Waals surface area contributed by atoms with Crippen molar-refractivity contribution in [1.82, 2.24) is 5.32 Å². The van der Waals surface area contributed by atoms with Gasteiger partial charge in [0, 0.05) is 27.9 Å². The number of nitro groups is 1. The molecule has 4 aromatic rings. The first-order valence-electron chi connectivity index (χ1n) is 14.2. The van der Waals surface area contributed by atoms with E-state index in [1.54, 1.807) is 78.9 Å². The molecule has 45 heavy (non-hydrogen) atoms. The molecule has 0 aliphatic carbocycles. The van der Waals surface area contributed by atoms with Gasteiger partial charge in [0.15, 0.2) is 0 Å². The SMILES string of the molecule is CCOc1ccc(NC(=O)C(CC)Sc2cccc(NC(=O)/C(=C\c3ccccc3[N+](=O)[O-])NC(=O)c3ccccc3)c2)cc1. The number of amides is 3. The third-order valence-electron chi connectivity index (χ3n) is 6.43. The number of para-hydroxylation sites is 1. The molecule has 3 amide bonds. The van der Waals surface area contributed by atoms with E-state index >= 15 is 0 Å². The predicted molar refractivity (Wildman–Crippen MR) is 176 cm³/mol. The lowest BCUT2D eigenvalue weighted by atomic mass is 10.1. The van der Waals surface area contributed by atoms with Crippen molar-refractivity contribution in [2.45, 2.75) is 30.4 Å². The van der Waals surface area contributed by atoms with Crippen LogP contribution in [0.25, 0.3) is 6.08 Å². The van der Waals surface area contributed by atoms with Crippen LogP contribution in [0, 0.1) is 10.1 Å². The van der Waals surface area contributed by atoms with Crippen molar-refractivity contribution >= 4 is 52.6 Å². The van der Waals surface area contributed by atoms with Crippen LogP contribution in [0.4, 0.5) is 17.1 Å². The molecule has 0 aliphatic heterocycles. The number of ether oxygens (including phenoxy) is 1. The maximum absolute atomic E-state index is 13.5. The van der Waals surface area contributed by atoms with E-state index in [-0.39, 0.29) is 22.9 Å². The van der Waals surface area contributed by atoms with Gasteiger partial charge in [0.05, 0.1) is 22.3 Å². The average Bonchev–Trinajstić information content (AvgIpc) is 3.05. The Balaban J connectivity index is 1.51. The highest BCUT2D eigenvalue weighted by Crippen LogP contribution is 2.29. The molecular formula is C34H32N4O6S. The monoisotopic (exact) mass is 624 g/mol. The molecule has 0 fully saturated rings. The van der Waals surface area contributed by atoms with Crippen molar-refractivity contribution in [3.8, 4) is 5.75 Å². The van der Waals surface area contributed by atoms with Crippen molar-refractivity contribution in [2.24, 2.45) is 0 Å². The maximum atomic E-state index is 13.5. The summed E-state index contributed by atoms with van der Waals surface area (Å²) in [7, 11) is 0. The second-order valence-corrected chi connectivity index (χ2v) is 10.9. The number of nitrogens with zero attached hydrogens (tertiary/aromatic N) is 1. The van der Waals surface area contributed by atoms with Gasteiger partial charge in [0.2, 0.25) is 5.91 Å². The van der Waals surface area contributed by atoms with Gasteiger partial charge in [-0.15, -0.1) is 11.8 Å². The van der Waals surface area contributed by atoms with Gasteiger partial charge in [-0.25, -0.2) is 0 Å². The second-order valence-electron chi connectivity index (χ2n) is 9.64. The molecule has 0 spiro atoms. The summed E-state index contributed by atoms with van der Waals surface area (Å²) in [6, 6.07) is 28.3. The molecule has 0 radical (unpaired) electrons. The van der Waals surface area contributed by atoms with E-state index in [9.17, 15) is 24.5 Å². The van der Waals surface area contributed by atoms with Crippen LogP contribution >= 0.6 is 11.8 Å². The normalized spacial score (nSPS) is 11.6. The molecule has 11 heteroatoms. The summed E-state index contributed by atoms with van der Waals surface area (Å²) in [5.41, 5.74) is 1.12. The van der Waals surface area contributed by atoms with Crippen LogP contribution in [0.3, 0.4) is 0 Å². The average molecular weight is 625 g/mol. The molecule has 0 saturated heterocycles. The Kier molecular flexibility index (Phi) is 11.5. The number of nitrogens with one attached hydrogen (secondary N) is 3. The number of hydrogen-bond donors (Lipinski definition) is 3. The summed E-state index contributed by atoms with van der Waals surface area (Å²) in [4.78, 5) is 51.3. The van der Waals surface area contributed by atoms with Gasteiger partial charge in [0.1, 0.15) is 11.4 Å². The predicted octanol–water partition coefficient (Wildman–Crippen LogP) is 6.91. The number of carbonyl (C=O) groups excluding carboxylic acids is 3. The standard InChI is InChI=1S/C34H32N4O6S/c1-3-31(34(41)35-25-17-19-27(20-18-25)44-4-2)45-28-15-10-14-26(22-28)36-33(40)29(37-32(39)23-11-6-5-7-12-23)21-24-13-8-9-16-30(24)38(42)43/h5-22,31H,3-4H2,1-2H3,(H,35,41)(H,36,40)(H,37,39)/b29-21+. The van der Waals surface area contributed by atoms with Gasteiger partial charge in [-0.1, -0.05) is 43.3 Å². The van der Waals surface area contributed by atoms with E-state index in [0.717, 1.165) is 10.6 Å². The van der Waals surface area contributed by atoms with Gasteiger partial charge >= 0.3 is 0 Å². The Morgan fingerprint density at radius 3 is 2.27 bits per heavy atom. The van der Waals surface area contributed by atoms with Crippen LogP contribution < -0.4 is 20.7 Å². The molecule has 4 rings (SSSR count). The van der Waals surface area contributed by atoms with Crippen molar-refractivity contribution in [2.75, 3.05) is 17.2 Å². The van der Waals surface area contributed by atoms with Gasteiger partial charge in [0.25, 0.3) is 17.5 Å². The number of nitro benzene ring substituents is 1. The van der Waals surface area contributed by atoms with Crippen molar-refractivity contribution in [3.05, 3.63) is 130 Å². The van der Waals surface area contributed by atoms with Crippen molar-refractivity contribution < 1.29 is 24.0 Å². The fourth-order valence-electron chi connectivity index (χ4n) is 4.23. The summed E-state index contributed by atoms with van der Waals surface area (Å²) in [6.07, 6.45) is 1.82. The van der Waals surface area contributed by atoms with Crippen LogP contribution in [0.1, 0.15) is 36.2 Å². The summed E-state index contributed by atoms with van der Waals surface area (Å²) in [5.74, 6) is -0.682. The van der Waals surface area contributed by atoms with Crippen LogP contribution in [0.5, 0.6) is 5.75 Å². The molecule has 0 aliphatic rings. The zero-order valence-electron chi connectivity index (χ0n) is 24.7. The van der Waals surface area contributed by atoms with Crippen LogP contribution in [0.2, 0.25) is 0 Å². The maximum Gasteiger partial charge on any atom is 0.276 e. The first-order chi connectivity index (χ1) is 21.8. The third kappa shape index (κ3) is 9.28. The number of rotatable bonds is 13. The van der Waals surface area contributed by atoms with Crippen molar-refractivity contribution in [3.63, 3.8) is 0 Å². The smallest absolute Gasteiger partial charge is 0.276 e. The van der Waals surface area contributed by atoms with Gasteiger partial charge in [-0.3, -0.25) is 24.5 Å². The van der Waals surface area contributed by atoms with E-state index in [1.165, 1.54) is 36.0 Å². The molecule has 0 aromatic heterocycles. The molecular weight excluding hydrogens is 592 g/mol. The van der Waals surface area contributed by atoms with E-state index in [2.05, 4.69) is 16.0 Å². The summed E-state index contributed by atoms with van der Waals surface area (Å²) >= 11 is 1.35. The summed E-state index contributed by atoms with van der Waals surface area (Å²) in [5, 5.41) is 19.5. The Morgan fingerprint density at radius 2 is 1.58 bits per heavy atom. The molecule has 1 unspecified atom stereocenters. The lowest BCUT2D eigenvalue weighted by Gasteiger charge is -2.16. The minimum absolute atomic E-state index is 0.148. The number of hydrogen-bond acceptors (Lipinski definition) is 7. The molecule has 230 valence electrons. The summed E-state index contributed by atoms with van der Waals surface area (Å²) < 4.78 is 5.45. The highest BCUT2D eigenvalue weighted by molar-refractivity contribution is 8.00. The number of carbonyl (C=O) groups is 3. The molecule has 1 atom stereocenters. The third-order valence-corrected chi connectivity index (χ3v) is 7.79. The Hall–Kier alpha value is -5.42. The van der Waals surface area contributed by atoms with E-state index < -0.39 is 22.0 Å². The number of benzene rings is 4.